The van der Waals surface area contributed by atoms with Crippen LogP contribution in [0.3, 0.4) is 0 Å². The van der Waals surface area contributed by atoms with Crippen LogP contribution in [0.15, 0.2) is 79.0 Å². The van der Waals surface area contributed by atoms with Gasteiger partial charge in [-0.3, -0.25) is 0 Å². The molecule has 4 heteroatoms. The molecule has 3 nitrogen and oxygen atoms in total. The molecule has 1 heterocycles. The van der Waals surface area contributed by atoms with Crippen LogP contribution in [0, 0.1) is 5.82 Å². The summed E-state index contributed by atoms with van der Waals surface area (Å²) in [5, 5.41) is 4.79. The Morgan fingerprint density at radius 2 is 1.75 bits per heavy atom. The van der Waals surface area contributed by atoms with E-state index in [-0.39, 0.29) is 5.82 Å². The number of hydrogen-bond donors (Lipinski definition) is 2. The second kappa shape index (κ2) is 8.72. The topological polar surface area (TPSA) is 37.0 Å². The first-order valence-electron chi connectivity index (χ1n) is 9.50. The van der Waals surface area contributed by atoms with E-state index in [1.165, 1.54) is 34.2 Å². The third kappa shape index (κ3) is 4.59. The SMILES string of the molecule is Fc1ccc(COc2cccc(CNCCc3c[nH]c4ccccc34)c2)cc1. The Morgan fingerprint density at radius 3 is 2.64 bits per heavy atom. The third-order valence-corrected chi connectivity index (χ3v) is 4.79. The Labute approximate surface area is 164 Å². The van der Waals surface area contributed by atoms with Gasteiger partial charge < -0.3 is 15.0 Å². The summed E-state index contributed by atoms with van der Waals surface area (Å²) >= 11 is 0. The number of hydrogen-bond acceptors (Lipinski definition) is 2. The van der Waals surface area contributed by atoms with Gasteiger partial charge in [0.05, 0.1) is 0 Å². The van der Waals surface area contributed by atoms with Gasteiger partial charge in [-0.2, -0.15) is 0 Å². The first-order chi connectivity index (χ1) is 13.8. The van der Waals surface area contributed by atoms with Crippen molar-refractivity contribution in [3.05, 3.63) is 102 Å². The Kier molecular flexibility index (Phi) is 5.69. The predicted molar refractivity (Wildman–Crippen MR) is 111 cm³/mol. The van der Waals surface area contributed by atoms with Crippen LogP contribution in [0.1, 0.15) is 16.7 Å². The predicted octanol–water partition coefficient (Wildman–Crippen LogP) is 5.22. The molecule has 0 saturated carbocycles. The molecular formula is C24H23FN2O. The fraction of sp³-hybridized carbons (Fsp3) is 0.167. The second-order valence-electron chi connectivity index (χ2n) is 6.85. The van der Waals surface area contributed by atoms with Crippen molar-refractivity contribution in [1.82, 2.24) is 10.3 Å². The molecule has 28 heavy (non-hydrogen) atoms. The van der Waals surface area contributed by atoms with Crippen molar-refractivity contribution in [2.75, 3.05) is 6.54 Å². The Morgan fingerprint density at radius 1 is 0.893 bits per heavy atom. The maximum atomic E-state index is 13.0. The van der Waals surface area contributed by atoms with Crippen molar-refractivity contribution >= 4 is 10.9 Å². The monoisotopic (exact) mass is 374 g/mol. The van der Waals surface area contributed by atoms with E-state index in [0.29, 0.717) is 6.61 Å². The van der Waals surface area contributed by atoms with E-state index in [0.717, 1.165) is 30.8 Å². The quantitative estimate of drug-likeness (QED) is 0.415. The molecule has 0 unspecified atom stereocenters. The van der Waals surface area contributed by atoms with Gasteiger partial charge in [-0.25, -0.2) is 4.39 Å². The van der Waals surface area contributed by atoms with Crippen LogP contribution >= 0.6 is 0 Å². The largest absolute Gasteiger partial charge is 0.489 e. The van der Waals surface area contributed by atoms with Gasteiger partial charge in [-0.15, -0.1) is 0 Å². The lowest BCUT2D eigenvalue weighted by molar-refractivity contribution is 0.305. The zero-order valence-corrected chi connectivity index (χ0v) is 15.6. The molecule has 0 amide bonds. The fourth-order valence-corrected chi connectivity index (χ4v) is 3.29. The maximum Gasteiger partial charge on any atom is 0.123 e. The molecule has 4 rings (SSSR count). The van der Waals surface area contributed by atoms with Crippen LogP contribution in [0.2, 0.25) is 0 Å². The lowest BCUT2D eigenvalue weighted by atomic mass is 10.1. The molecule has 0 aliphatic carbocycles. The zero-order valence-electron chi connectivity index (χ0n) is 15.6. The summed E-state index contributed by atoms with van der Waals surface area (Å²) in [5.41, 5.74) is 4.64. The van der Waals surface area contributed by atoms with E-state index in [2.05, 4.69) is 40.8 Å². The van der Waals surface area contributed by atoms with Gasteiger partial charge in [-0.1, -0.05) is 42.5 Å². The van der Waals surface area contributed by atoms with Crippen LogP contribution < -0.4 is 10.1 Å². The van der Waals surface area contributed by atoms with Gasteiger partial charge >= 0.3 is 0 Å². The summed E-state index contributed by atoms with van der Waals surface area (Å²) in [6, 6.07) is 22.8. The Hall–Kier alpha value is -3.11. The number of benzene rings is 3. The van der Waals surface area contributed by atoms with Crippen molar-refractivity contribution in [1.29, 1.82) is 0 Å². The van der Waals surface area contributed by atoms with Crippen molar-refractivity contribution in [2.24, 2.45) is 0 Å². The molecule has 142 valence electrons. The van der Waals surface area contributed by atoms with Crippen molar-refractivity contribution in [3.8, 4) is 5.75 Å². The van der Waals surface area contributed by atoms with Gasteiger partial charge in [-0.05, 0) is 60.0 Å². The minimum Gasteiger partial charge on any atom is -0.489 e. The molecule has 4 aromatic rings. The van der Waals surface area contributed by atoms with E-state index in [1.54, 1.807) is 12.1 Å². The van der Waals surface area contributed by atoms with Gasteiger partial charge in [0, 0.05) is 23.6 Å². The molecule has 0 aliphatic heterocycles. The van der Waals surface area contributed by atoms with E-state index in [4.69, 9.17) is 4.74 Å². The standard InChI is InChI=1S/C24H23FN2O/c25-21-10-8-18(9-11-21)17-28-22-5-3-4-19(14-22)15-26-13-12-20-16-27-24-7-2-1-6-23(20)24/h1-11,14,16,26-27H,12-13,15,17H2. The number of nitrogens with one attached hydrogen (secondary N) is 2. The minimum absolute atomic E-state index is 0.232. The molecule has 1 aromatic heterocycles. The summed E-state index contributed by atoms with van der Waals surface area (Å²) in [4.78, 5) is 3.32. The molecule has 3 aromatic carbocycles. The van der Waals surface area contributed by atoms with Gasteiger partial charge in [0.2, 0.25) is 0 Å². The van der Waals surface area contributed by atoms with E-state index < -0.39 is 0 Å². The number of ether oxygens (including phenoxy) is 1. The first-order valence-corrected chi connectivity index (χ1v) is 9.50. The zero-order chi connectivity index (χ0) is 19.2. The Bertz CT molecular complexity index is 1040. The smallest absolute Gasteiger partial charge is 0.123 e. The fourth-order valence-electron chi connectivity index (χ4n) is 3.29. The van der Waals surface area contributed by atoms with E-state index in [1.807, 2.05) is 24.3 Å². The van der Waals surface area contributed by atoms with Crippen molar-refractivity contribution in [3.63, 3.8) is 0 Å². The number of aromatic nitrogens is 1. The van der Waals surface area contributed by atoms with Crippen LogP contribution in [0.4, 0.5) is 4.39 Å². The molecule has 2 N–H and O–H groups in total. The number of aromatic amines is 1. The average Bonchev–Trinajstić information content (AvgIpc) is 3.14. The number of halogens is 1. The molecule has 0 saturated heterocycles. The second-order valence-corrected chi connectivity index (χ2v) is 6.85. The van der Waals surface area contributed by atoms with Crippen LogP contribution in [0.25, 0.3) is 10.9 Å². The summed E-state index contributed by atoms with van der Waals surface area (Å²) in [7, 11) is 0. The third-order valence-electron chi connectivity index (χ3n) is 4.79. The van der Waals surface area contributed by atoms with E-state index >= 15 is 0 Å². The van der Waals surface area contributed by atoms with Crippen molar-refractivity contribution in [2.45, 2.75) is 19.6 Å². The van der Waals surface area contributed by atoms with E-state index in [9.17, 15) is 4.39 Å². The summed E-state index contributed by atoms with van der Waals surface area (Å²) < 4.78 is 18.8. The lowest BCUT2D eigenvalue weighted by Gasteiger charge is -2.09. The molecule has 0 bridgehead atoms. The van der Waals surface area contributed by atoms with Crippen LogP contribution in [-0.4, -0.2) is 11.5 Å². The summed E-state index contributed by atoms with van der Waals surface area (Å²) in [6.07, 6.45) is 3.07. The number of fused-ring (bicyclic) bond motifs is 1. The molecule has 0 atom stereocenters. The average molecular weight is 374 g/mol. The number of para-hydroxylation sites is 1. The minimum atomic E-state index is -0.232. The summed E-state index contributed by atoms with van der Waals surface area (Å²) in [6.45, 7) is 2.12. The molecule has 0 spiro atoms. The normalized spacial score (nSPS) is 11.0. The van der Waals surface area contributed by atoms with Gasteiger partial charge in [0.15, 0.2) is 0 Å². The molecular weight excluding hydrogens is 351 g/mol. The van der Waals surface area contributed by atoms with Crippen LogP contribution in [-0.2, 0) is 19.6 Å². The number of rotatable bonds is 8. The number of H-pyrrole nitrogens is 1. The maximum absolute atomic E-state index is 13.0. The highest BCUT2D eigenvalue weighted by Crippen LogP contribution is 2.18. The highest BCUT2D eigenvalue weighted by atomic mass is 19.1. The Balaban J connectivity index is 1.27. The highest BCUT2D eigenvalue weighted by Gasteiger charge is 2.03. The van der Waals surface area contributed by atoms with Gasteiger partial charge in [0.25, 0.3) is 0 Å². The van der Waals surface area contributed by atoms with Crippen LogP contribution in [0.5, 0.6) is 5.75 Å². The molecule has 0 aliphatic rings. The van der Waals surface area contributed by atoms with Crippen molar-refractivity contribution < 1.29 is 9.13 Å². The molecule has 0 fully saturated rings. The molecule has 0 radical (unpaired) electrons. The summed E-state index contributed by atoms with van der Waals surface area (Å²) in [5.74, 6) is 0.588. The highest BCUT2D eigenvalue weighted by molar-refractivity contribution is 5.83. The van der Waals surface area contributed by atoms with Gasteiger partial charge in [0.1, 0.15) is 18.2 Å². The first kappa shape index (κ1) is 18.3. The lowest BCUT2D eigenvalue weighted by Crippen LogP contribution is -2.16.